The summed E-state index contributed by atoms with van der Waals surface area (Å²) in [7, 11) is 1.62. The second-order valence-electron chi connectivity index (χ2n) is 8.20. The van der Waals surface area contributed by atoms with Gasteiger partial charge in [-0.3, -0.25) is 14.9 Å². The second-order valence-corrected chi connectivity index (χ2v) is 8.20. The van der Waals surface area contributed by atoms with E-state index >= 15 is 0 Å². The molecule has 0 fully saturated rings. The number of anilines is 2. The van der Waals surface area contributed by atoms with Crippen molar-refractivity contribution < 1.29 is 23.6 Å². The Morgan fingerprint density at radius 2 is 1.62 bits per heavy atom. The number of hydrogen-bond donors (Lipinski definition) is 1. The van der Waals surface area contributed by atoms with Gasteiger partial charge in [0.1, 0.15) is 0 Å². The molecule has 0 saturated carbocycles. The minimum atomic E-state index is -0.779. The number of amides is 2. The molecular weight excluding hydrogens is 410 g/mol. The maximum absolute atomic E-state index is 13.0. The number of esters is 1. The summed E-state index contributed by atoms with van der Waals surface area (Å²) in [5, 5.41) is 6.41. The van der Waals surface area contributed by atoms with Crippen LogP contribution in [-0.4, -0.2) is 36.6 Å². The molecule has 0 atom stereocenters. The van der Waals surface area contributed by atoms with Crippen LogP contribution in [-0.2, 0) is 14.9 Å². The van der Waals surface area contributed by atoms with Crippen LogP contribution in [0.3, 0.4) is 0 Å². The molecule has 32 heavy (non-hydrogen) atoms. The molecule has 2 amide bonds. The molecule has 0 aliphatic rings. The number of benzene rings is 2. The van der Waals surface area contributed by atoms with Gasteiger partial charge >= 0.3 is 5.97 Å². The van der Waals surface area contributed by atoms with Gasteiger partial charge < -0.3 is 14.2 Å². The lowest BCUT2D eigenvalue weighted by Gasteiger charge is -2.18. The summed E-state index contributed by atoms with van der Waals surface area (Å²) in [5.74, 6) is -1.57. The smallest absolute Gasteiger partial charge is 0.339 e. The fourth-order valence-corrected chi connectivity index (χ4v) is 2.87. The summed E-state index contributed by atoms with van der Waals surface area (Å²) in [6.07, 6.45) is 0. The molecule has 0 saturated heterocycles. The fraction of sp³-hybridized carbons (Fsp3) is 0.250. The Labute approximate surface area is 186 Å². The zero-order valence-corrected chi connectivity index (χ0v) is 18.4. The number of carbonyl (C=O) groups excluding carboxylic acids is 3. The van der Waals surface area contributed by atoms with Gasteiger partial charge in [-0.05, 0) is 24.3 Å². The summed E-state index contributed by atoms with van der Waals surface area (Å²) in [5.41, 5.74) is 1.38. The van der Waals surface area contributed by atoms with E-state index in [9.17, 15) is 14.4 Å². The Hall–Kier alpha value is -3.94. The standard InChI is InChI=1S/C24H25N3O5/c1-24(2,3)19-14-21(32-26-19)25-20(28)15-31-23(30)18-13-9-8-12-17(18)22(29)27(4)16-10-6-5-7-11-16/h5-14H,15H2,1-4H3,(H,25,28). The summed E-state index contributed by atoms with van der Waals surface area (Å²) < 4.78 is 10.2. The van der Waals surface area contributed by atoms with Crippen molar-refractivity contribution in [3.05, 3.63) is 77.5 Å². The van der Waals surface area contributed by atoms with Gasteiger partial charge in [0, 0.05) is 24.2 Å². The van der Waals surface area contributed by atoms with E-state index in [0.29, 0.717) is 11.4 Å². The van der Waals surface area contributed by atoms with Crippen molar-refractivity contribution in [3.63, 3.8) is 0 Å². The van der Waals surface area contributed by atoms with Crippen LogP contribution in [0.2, 0.25) is 0 Å². The van der Waals surface area contributed by atoms with Crippen LogP contribution in [0.1, 0.15) is 47.2 Å². The number of rotatable bonds is 6. The van der Waals surface area contributed by atoms with E-state index in [-0.39, 0.29) is 28.3 Å². The van der Waals surface area contributed by atoms with Crippen LogP contribution in [0.15, 0.2) is 65.2 Å². The van der Waals surface area contributed by atoms with Crippen LogP contribution < -0.4 is 10.2 Å². The molecule has 0 aliphatic heterocycles. The van der Waals surface area contributed by atoms with E-state index in [4.69, 9.17) is 9.26 Å². The number of carbonyl (C=O) groups is 3. The van der Waals surface area contributed by atoms with Gasteiger partial charge in [0.15, 0.2) is 6.61 Å². The highest BCUT2D eigenvalue weighted by atomic mass is 16.5. The predicted octanol–water partition coefficient (Wildman–Crippen LogP) is 4.04. The lowest BCUT2D eigenvalue weighted by Crippen LogP contribution is -2.28. The van der Waals surface area contributed by atoms with Gasteiger partial charge in [0.05, 0.1) is 16.8 Å². The van der Waals surface area contributed by atoms with Gasteiger partial charge in [0.25, 0.3) is 11.8 Å². The van der Waals surface area contributed by atoms with Crippen molar-refractivity contribution in [3.8, 4) is 0 Å². The normalized spacial score (nSPS) is 11.0. The minimum Gasteiger partial charge on any atom is -0.452 e. The van der Waals surface area contributed by atoms with Gasteiger partial charge in [-0.25, -0.2) is 4.79 Å². The molecule has 8 heteroatoms. The Balaban J connectivity index is 1.65. The Morgan fingerprint density at radius 1 is 1.00 bits per heavy atom. The van der Waals surface area contributed by atoms with Crippen LogP contribution in [0, 0.1) is 0 Å². The average Bonchev–Trinajstić information content (AvgIpc) is 3.26. The summed E-state index contributed by atoms with van der Waals surface area (Å²) >= 11 is 0. The minimum absolute atomic E-state index is 0.0720. The molecule has 2 aromatic carbocycles. The first kappa shape index (κ1) is 22.7. The number of nitrogens with one attached hydrogen (secondary N) is 1. The van der Waals surface area contributed by atoms with Crippen molar-refractivity contribution in [2.24, 2.45) is 0 Å². The van der Waals surface area contributed by atoms with Crippen LogP contribution in [0.5, 0.6) is 0 Å². The average molecular weight is 435 g/mol. The molecule has 0 spiro atoms. The van der Waals surface area contributed by atoms with Crippen molar-refractivity contribution in [2.75, 3.05) is 23.9 Å². The number of para-hydroxylation sites is 1. The molecule has 166 valence electrons. The van der Waals surface area contributed by atoms with Crippen molar-refractivity contribution >= 4 is 29.4 Å². The third kappa shape index (κ3) is 5.40. The quantitative estimate of drug-likeness (QED) is 0.586. The van der Waals surface area contributed by atoms with Crippen LogP contribution >= 0.6 is 0 Å². The summed E-state index contributed by atoms with van der Waals surface area (Å²) in [6, 6.07) is 17.0. The van der Waals surface area contributed by atoms with E-state index in [2.05, 4.69) is 10.5 Å². The topological polar surface area (TPSA) is 102 Å². The van der Waals surface area contributed by atoms with Gasteiger partial charge in [0.2, 0.25) is 5.88 Å². The zero-order valence-electron chi connectivity index (χ0n) is 18.4. The largest absolute Gasteiger partial charge is 0.452 e. The molecule has 0 aliphatic carbocycles. The first-order valence-electron chi connectivity index (χ1n) is 10.0. The monoisotopic (exact) mass is 435 g/mol. The molecule has 3 aromatic rings. The van der Waals surface area contributed by atoms with Gasteiger partial charge in [-0.15, -0.1) is 0 Å². The summed E-state index contributed by atoms with van der Waals surface area (Å²) in [6.45, 7) is 5.35. The second kappa shape index (κ2) is 9.47. The van der Waals surface area contributed by atoms with E-state index in [1.807, 2.05) is 39.0 Å². The van der Waals surface area contributed by atoms with E-state index in [1.54, 1.807) is 43.4 Å². The third-order valence-corrected chi connectivity index (χ3v) is 4.70. The maximum Gasteiger partial charge on any atom is 0.339 e. The lowest BCUT2D eigenvalue weighted by molar-refractivity contribution is -0.119. The number of nitrogens with zero attached hydrogens (tertiary/aromatic N) is 2. The zero-order chi connectivity index (χ0) is 23.3. The molecule has 0 bridgehead atoms. The predicted molar refractivity (Wildman–Crippen MR) is 120 cm³/mol. The fourth-order valence-electron chi connectivity index (χ4n) is 2.87. The first-order chi connectivity index (χ1) is 15.2. The van der Waals surface area contributed by atoms with Crippen molar-refractivity contribution in [2.45, 2.75) is 26.2 Å². The molecule has 0 unspecified atom stereocenters. The molecule has 8 nitrogen and oxygen atoms in total. The molecule has 3 rings (SSSR count). The Morgan fingerprint density at radius 3 is 2.25 bits per heavy atom. The van der Waals surface area contributed by atoms with Crippen LogP contribution in [0.25, 0.3) is 0 Å². The molecule has 1 aromatic heterocycles. The highest BCUT2D eigenvalue weighted by Crippen LogP contribution is 2.23. The van der Waals surface area contributed by atoms with Crippen molar-refractivity contribution in [1.82, 2.24) is 5.16 Å². The number of aromatic nitrogens is 1. The highest BCUT2D eigenvalue weighted by Gasteiger charge is 2.23. The maximum atomic E-state index is 13.0. The van der Waals surface area contributed by atoms with E-state index < -0.39 is 18.5 Å². The molecule has 0 radical (unpaired) electrons. The number of ether oxygens (including phenoxy) is 1. The van der Waals surface area contributed by atoms with Crippen LogP contribution in [0.4, 0.5) is 11.6 Å². The molecular formula is C24H25N3O5. The molecule has 1 N–H and O–H groups in total. The van der Waals surface area contributed by atoms with E-state index in [0.717, 1.165) is 0 Å². The van der Waals surface area contributed by atoms with E-state index in [1.165, 1.54) is 11.0 Å². The Bertz CT molecular complexity index is 1120. The molecule has 1 heterocycles. The first-order valence-corrected chi connectivity index (χ1v) is 10.0. The van der Waals surface area contributed by atoms with Crippen molar-refractivity contribution in [1.29, 1.82) is 0 Å². The summed E-state index contributed by atoms with van der Waals surface area (Å²) in [4.78, 5) is 39.2. The third-order valence-electron chi connectivity index (χ3n) is 4.70. The lowest BCUT2D eigenvalue weighted by atomic mass is 9.92. The SMILES string of the molecule is CN(C(=O)c1ccccc1C(=O)OCC(=O)Nc1cc(C(C)(C)C)no1)c1ccccc1. The van der Waals surface area contributed by atoms with Gasteiger partial charge in [-0.1, -0.05) is 56.3 Å². The van der Waals surface area contributed by atoms with Gasteiger partial charge in [-0.2, -0.15) is 0 Å². The Kier molecular flexibility index (Phi) is 6.73. The highest BCUT2D eigenvalue weighted by molar-refractivity contribution is 6.12. The number of hydrogen-bond acceptors (Lipinski definition) is 6.